The molecular weight excluding hydrogens is 577 g/mol. The number of hydrogen-bond acceptors (Lipinski definition) is 4. The number of hydrazone groups is 1. The van der Waals surface area contributed by atoms with Crippen molar-refractivity contribution in [2.75, 3.05) is 10.8 Å². The lowest BCUT2D eigenvalue weighted by atomic mass is 10.2. The van der Waals surface area contributed by atoms with Crippen molar-refractivity contribution in [3.8, 4) is 5.69 Å². The summed E-state index contributed by atoms with van der Waals surface area (Å²) in [6.45, 7) is 4.71. The van der Waals surface area contributed by atoms with E-state index in [1.807, 2.05) is 36.6 Å². The second-order valence-electron chi connectivity index (χ2n) is 9.31. The number of aryl methyl sites for hydroxylation is 2. The maximum absolute atomic E-state index is 13.5. The molecule has 0 saturated heterocycles. The van der Waals surface area contributed by atoms with Gasteiger partial charge in [0.25, 0.3) is 15.9 Å². The normalized spacial score (nSPS) is 12.1. The third-order valence-corrected chi connectivity index (χ3v) is 8.31. The van der Waals surface area contributed by atoms with Crippen LogP contribution in [0, 0.1) is 20.8 Å². The van der Waals surface area contributed by atoms with E-state index in [2.05, 4.69) is 10.5 Å². The van der Waals surface area contributed by atoms with Crippen molar-refractivity contribution in [3.63, 3.8) is 0 Å². The van der Waals surface area contributed by atoms with Gasteiger partial charge >= 0.3 is 6.18 Å². The summed E-state index contributed by atoms with van der Waals surface area (Å²) in [7, 11) is -4.41. The van der Waals surface area contributed by atoms with E-state index >= 15 is 0 Å². The van der Waals surface area contributed by atoms with Crippen LogP contribution in [-0.2, 0) is 21.0 Å². The number of amides is 1. The fraction of sp³-hybridized carbons (Fsp3) is 0.172. The van der Waals surface area contributed by atoms with Gasteiger partial charge in [-0.25, -0.2) is 13.8 Å². The number of carbonyl (C=O) groups is 1. The van der Waals surface area contributed by atoms with Crippen molar-refractivity contribution < 1.29 is 26.4 Å². The number of nitrogens with one attached hydrogen (secondary N) is 1. The number of alkyl halides is 3. The molecule has 0 fully saturated rings. The summed E-state index contributed by atoms with van der Waals surface area (Å²) in [6, 6.07) is 18.7. The molecule has 0 atom stereocenters. The van der Waals surface area contributed by atoms with Gasteiger partial charge in [0.15, 0.2) is 0 Å². The van der Waals surface area contributed by atoms with Crippen LogP contribution in [0.1, 0.15) is 28.1 Å². The zero-order valence-corrected chi connectivity index (χ0v) is 23.8. The minimum Gasteiger partial charge on any atom is -0.318 e. The quantitative estimate of drug-likeness (QED) is 0.187. The molecule has 0 aliphatic carbocycles. The van der Waals surface area contributed by atoms with Crippen LogP contribution in [0.5, 0.6) is 0 Å². The SMILES string of the molecule is Cc1ccc(S(=O)(=O)N(CC(=O)N/N=C\c2cc(C)n(-c3cccc(Cl)c3)c2C)c2cccc(C(F)(F)F)c2)cc1. The first-order valence-corrected chi connectivity index (χ1v) is 14.1. The van der Waals surface area contributed by atoms with Crippen LogP contribution >= 0.6 is 11.6 Å². The largest absolute Gasteiger partial charge is 0.416 e. The summed E-state index contributed by atoms with van der Waals surface area (Å²) in [5, 5.41) is 4.55. The van der Waals surface area contributed by atoms with Crippen molar-refractivity contribution in [3.05, 3.63) is 112 Å². The van der Waals surface area contributed by atoms with Crippen LogP contribution in [0.15, 0.2) is 88.9 Å². The molecule has 4 aromatic rings. The van der Waals surface area contributed by atoms with Crippen LogP contribution in [0.2, 0.25) is 5.02 Å². The van der Waals surface area contributed by atoms with Gasteiger partial charge in [0.05, 0.1) is 22.4 Å². The summed E-state index contributed by atoms with van der Waals surface area (Å²) in [6.07, 6.45) is -3.30. The van der Waals surface area contributed by atoms with Crippen LogP contribution in [0.3, 0.4) is 0 Å². The van der Waals surface area contributed by atoms with Crippen LogP contribution in [0.25, 0.3) is 5.69 Å². The Morgan fingerprint density at radius 2 is 1.68 bits per heavy atom. The number of carbonyl (C=O) groups excluding carboxylic acids is 1. The van der Waals surface area contributed by atoms with Crippen LogP contribution < -0.4 is 9.73 Å². The Kier molecular flexibility index (Phi) is 8.60. The monoisotopic (exact) mass is 602 g/mol. The number of rotatable bonds is 8. The molecule has 1 N–H and O–H groups in total. The van der Waals surface area contributed by atoms with Gasteiger partial charge in [0, 0.05) is 27.7 Å². The lowest BCUT2D eigenvalue weighted by Crippen LogP contribution is -2.39. The van der Waals surface area contributed by atoms with Crippen molar-refractivity contribution in [2.45, 2.75) is 31.8 Å². The summed E-state index contributed by atoms with van der Waals surface area (Å²) in [4.78, 5) is 12.7. The van der Waals surface area contributed by atoms with Crippen molar-refractivity contribution >= 4 is 39.4 Å². The second-order valence-corrected chi connectivity index (χ2v) is 11.6. The zero-order chi connectivity index (χ0) is 29.9. The Hall–Kier alpha value is -4.09. The highest BCUT2D eigenvalue weighted by Gasteiger charge is 2.33. The van der Waals surface area contributed by atoms with E-state index in [1.54, 1.807) is 31.2 Å². The van der Waals surface area contributed by atoms with Gasteiger partial charge in [-0.2, -0.15) is 18.3 Å². The smallest absolute Gasteiger partial charge is 0.318 e. The molecule has 1 aromatic heterocycles. The molecule has 0 unspecified atom stereocenters. The molecule has 1 heterocycles. The van der Waals surface area contributed by atoms with E-state index in [9.17, 15) is 26.4 Å². The molecule has 41 heavy (non-hydrogen) atoms. The first kappa shape index (κ1) is 29.9. The molecule has 7 nitrogen and oxygen atoms in total. The lowest BCUT2D eigenvalue weighted by molar-refractivity contribution is -0.137. The molecular formula is C29H26ClF3N4O3S. The molecule has 0 aliphatic rings. The van der Waals surface area contributed by atoms with Gasteiger partial charge in [0.1, 0.15) is 6.54 Å². The molecule has 3 aromatic carbocycles. The number of aromatic nitrogens is 1. The molecule has 0 saturated carbocycles. The van der Waals surface area contributed by atoms with Crippen molar-refractivity contribution in [2.24, 2.45) is 5.10 Å². The summed E-state index contributed by atoms with van der Waals surface area (Å²) < 4.78 is 69.8. The molecule has 4 rings (SSSR count). The number of nitrogens with zero attached hydrogens (tertiary/aromatic N) is 3. The van der Waals surface area contributed by atoms with Gasteiger partial charge in [-0.15, -0.1) is 0 Å². The van der Waals surface area contributed by atoms with Gasteiger partial charge in [-0.3, -0.25) is 9.10 Å². The fourth-order valence-electron chi connectivity index (χ4n) is 4.26. The number of halogens is 4. The van der Waals surface area contributed by atoms with Gasteiger partial charge in [-0.1, -0.05) is 41.4 Å². The van der Waals surface area contributed by atoms with E-state index in [-0.39, 0.29) is 10.6 Å². The standard InChI is InChI=1S/C29H26ClF3N4O3S/c1-19-10-12-27(13-11-19)41(39,40)36(25-8-4-6-23(15-25)29(31,32)33)18-28(38)35-34-17-22-14-20(2)37(21(22)3)26-9-5-7-24(30)16-26/h4-17H,18H2,1-3H3,(H,35,38)/b34-17-. The van der Waals surface area contributed by atoms with E-state index in [1.165, 1.54) is 24.4 Å². The maximum Gasteiger partial charge on any atom is 0.416 e. The predicted octanol–water partition coefficient (Wildman–Crippen LogP) is 6.42. The fourth-order valence-corrected chi connectivity index (χ4v) is 5.86. The molecule has 0 spiro atoms. The first-order valence-electron chi connectivity index (χ1n) is 12.3. The van der Waals surface area contributed by atoms with E-state index in [4.69, 9.17) is 11.6 Å². The Morgan fingerprint density at radius 1 is 1.00 bits per heavy atom. The second kappa shape index (κ2) is 11.8. The topological polar surface area (TPSA) is 83.8 Å². The van der Waals surface area contributed by atoms with Gasteiger partial charge < -0.3 is 4.57 Å². The zero-order valence-electron chi connectivity index (χ0n) is 22.3. The third-order valence-electron chi connectivity index (χ3n) is 6.29. The molecule has 1 amide bonds. The predicted molar refractivity (Wildman–Crippen MR) is 153 cm³/mol. The average Bonchev–Trinajstić information content (AvgIpc) is 3.19. The number of hydrogen-bond donors (Lipinski definition) is 1. The highest BCUT2D eigenvalue weighted by molar-refractivity contribution is 7.92. The molecule has 0 radical (unpaired) electrons. The molecule has 12 heteroatoms. The Morgan fingerprint density at radius 3 is 2.34 bits per heavy atom. The maximum atomic E-state index is 13.5. The first-order chi connectivity index (χ1) is 19.3. The van der Waals surface area contributed by atoms with E-state index in [0.29, 0.717) is 21.0 Å². The molecule has 214 valence electrons. The Balaban J connectivity index is 1.60. The molecule has 0 aliphatic heterocycles. The highest BCUT2D eigenvalue weighted by atomic mass is 35.5. The lowest BCUT2D eigenvalue weighted by Gasteiger charge is -2.24. The van der Waals surface area contributed by atoms with Gasteiger partial charge in [-0.05, 0) is 75.4 Å². The van der Waals surface area contributed by atoms with Crippen molar-refractivity contribution in [1.29, 1.82) is 0 Å². The van der Waals surface area contributed by atoms with E-state index in [0.717, 1.165) is 34.8 Å². The third kappa shape index (κ3) is 6.80. The van der Waals surface area contributed by atoms with Crippen LogP contribution in [-0.4, -0.2) is 31.7 Å². The Bertz CT molecular complexity index is 1720. The van der Waals surface area contributed by atoms with E-state index < -0.39 is 34.2 Å². The summed E-state index contributed by atoms with van der Waals surface area (Å²) >= 11 is 6.13. The minimum atomic E-state index is -4.71. The number of anilines is 1. The minimum absolute atomic E-state index is 0.176. The number of benzene rings is 3. The highest BCUT2D eigenvalue weighted by Crippen LogP contribution is 2.33. The summed E-state index contributed by atoms with van der Waals surface area (Å²) in [5.41, 5.74) is 4.94. The Labute approximate surface area is 240 Å². The average molecular weight is 603 g/mol. The van der Waals surface area contributed by atoms with Crippen molar-refractivity contribution in [1.82, 2.24) is 9.99 Å². The van der Waals surface area contributed by atoms with Crippen LogP contribution in [0.4, 0.5) is 18.9 Å². The molecule has 0 bridgehead atoms. The number of sulfonamides is 1. The summed E-state index contributed by atoms with van der Waals surface area (Å²) in [5.74, 6) is -0.849. The van der Waals surface area contributed by atoms with Gasteiger partial charge in [0.2, 0.25) is 0 Å².